The van der Waals surface area contributed by atoms with Gasteiger partial charge in [-0.05, 0) is 47.8 Å². The van der Waals surface area contributed by atoms with Gasteiger partial charge in [-0.25, -0.2) is 0 Å². The lowest BCUT2D eigenvalue weighted by Gasteiger charge is -2.12. The molecule has 0 aliphatic rings. The van der Waals surface area contributed by atoms with Gasteiger partial charge < -0.3 is 5.32 Å². The number of alkyl halides is 3. The molecule has 20 heavy (non-hydrogen) atoms. The Balaban J connectivity index is 2.35. The molecule has 1 aromatic heterocycles. The zero-order valence-electron chi connectivity index (χ0n) is 9.96. The number of hydrogen-bond acceptors (Lipinski definition) is 4. The molecule has 0 radical (unpaired) electrons. The molecule has 1 N–H and O–H groups in total. The predicted octanol–water partition coefficient (Wildman–Crippen LogP) is 4.25. The van der Waals surface area contributed by atoms with E-state index >= 15 is 0 Å². The van der Waals surface area contributed by atoms with Crippen molar-refractivity contribution in [3.8, 4) is 0 Å². The minimum Gasteiger partial charge on any atom is -0.324 e. The van der Waals surface area contributed by atoms with Crippen LogP contribution in [0, 0.1) is 6.92 Å². The summed E-state index contributed by atoms with van der Waals surface area (Å²) < 4.78 is 38.4. The van der Waals surface area contributed by atoms with Crippen LogP contribution in [0.1, 0.15) is 11.1 Å². The fourth-order valence-corrected chi connectivity index (χ4v) is 1.88. The number of anilines is 2. The van der Waals surface area contributed by atoms with E-state index in [1.54, 1.807) is 0 Å². The van der Waals surface area contributed by atoms with Crippen LogP contribution in [0.3, 0.4) is 0 Å². The summed E-state index contributed by atoms with van der Waals surface area (Å²) in [5.41, 5.74) is -0.454. The van der Waals surface area contributed by atoms with Crippen LogP contribution in [-0.2, 0) is 6.18 Å². The summed E-state index contributed by atoms with van der Waals surface area (Å²) in [6, 6.07) is 3.77. The van der Waals surface area contributed by atoms with Crippen molar-refractivity contribution in [2.75, 3.05) is 5.32 Å². The van der Waals surface area contributed by atoms with Gasteiger partial charge in [-0.1, -0.05) is 6.07 Å². The summed E-state index contributed by atoms with van der Waals surface area (Å²) in [4.78, 5) is 11.0. The standard InChI is InChI=1S/C11H7Cl2F3N4/c1-5-2-3-6(4-7(5)11(14,15)16)17-10-19-8(12)18-9(13)20-10/h2-4H,1H3,(H,17,18,19,20). The molecule has 0 saturated carbocycles. The number of nitrogens with one attached hydrogen (secondary N) is 1. The summed E-state index contributed by atoms with van der Waals surface area (Å²) in [5.74, 6) is -0.0352. The van der Waals surface area contributed by atoms with Crippen molar-refractivity contribution in [1.29, 1.82) is 0 Å². The van der Waals surface area contributed by atoms with Crippen molar-refractivity contribution in [1.82, 2.24) is 15.0 Å². The topological polar surface area (TPSA) is 50.7 Å². The van der Waals surface area contributed by atoms with E-state index in [9.17, 15) is 13.2 Å². The second-order valence-corrected chi connectivity index (χ2v) is 4.53. The molecule has 1 heterocycles. The van der Waals surface area contributed by atoms with Crippen LogP contribution in [0.5, 0.6) is 0 Å². The van der Waals surface area contributed by atoms with E-state index in [0.29, 0.717) is 0 Å². The Labute approximate surface area is 122 Å². The zero-order chi connectivity index (χ0) is 14.9. The molecular formula is C11H7Cl2F3N4. The SMILES string of the molecule is Cc1ccc(Nc2nc(Cl)nc(Cl)n2)cc1C(F)(F)F. The predicted molar refractivity (Wildman–Crippen MR) is 69.3 cm³/mol. The summed E-state index contributed by atoms with van der Waals surface area (Å²) >= 11 is 11.2. The summed E-state index contributed by atoms with van der Waals surface area (Å²) in [7, 11) is 0. The van der Waals surface area contributed by atoms with Gasteiger partial charge in [0.1, 0.15) is 0 Å². The highest BCUT2D eigenvalue weighted by molar-refractivity contribution is 6.31. The highest BCUT2D eigenvalue weighted by Crippen LogP contribution is 2.33. The van der Waals surface area contributed by atoms with Crippen LogP contribution in [-0.4, -0.2) is 15.0 Å². The lowest BCUT2D eigenvalue weighted by atomic mass is 10.1. The molecular weight excluding hydrogens is 316 g/mol. The molecule has 0 spiro atoms. The number of hydrogen-bond donors (Lipinski definition) is 1. The van der Waals surface area contributed by atoms with Gasteiger partial charge >= 0.3 is 6.18 Å². The van der Waals surface area contributed by atoms with Gasteiger partial charge in [-0.15, -0.1) is 0 Å². The van der Waals surface area contributed by atoms with Crippen molar-refractivity contribution < 1.29 is 13.2 Å². The number of rotatable bonds is 2. The molecule has 0 aliphatic carbocycles. The number of aromatic nitrogens is 3. The van der Waals surface area contributed by atoms with E-state index < -0.39 is 11.7 Å². The molecule has 0 fully saturated rings. The second-order valence-electron chi connectivity index (χ2n) is 3.85. The summed E-state index contributed by atoms with van der Waals surface area (Å²) in [6.45, 7) is 1.38. The van der Waals surface area contributed by atoms with E-state index in [4.69, 9.17) is 23.2 Å². The Kier molecular flexibility index (Phi) is 4.01. The van der Waals surface area contributed by atoms with Gasteiger partial charge in [-0.2, -0.15) is 28.1 Å². The maximum absolute atomic E-state index is 12.8. The van der Waals surface area contributed by atoms with E-state index in [2.05, 4.69) is 20.3 Å². The number of benzene rings is 1. The molecule has 0 saturated heterocycles. The minimum atomic E-state index is -4.43. The van der Waals surface area contributed by atoms with Gasteiger partial charge in [-0.3, -0.25) is 0 Å². The van der Waals surface area contributed by atoms with Crippen LogP contribution in [0.15, 0.2) is 18.2 Å². The third kappa shape index (κ3) is 3.49. The Morgan fingerprint density at radius 1 is 1.05 bits per heavy atom. The fourth-order valence-electron chi connectivity index (χ4n) is 1.52. The van der Waals surface area contributed by atoms with Crippen LogP contribution in [0.2, 0.25) is 10.6 Å². The van der Waals surface area contributed by atoms with E-state index in [1.165, 1.54) is 19.1 Å². The molecule has 2 rings (SSSR count). The normalized spacial score (nSPS) is 11.5. The van der Waals surface area contributed by atoms with Crippen molar-refractivity contribution >= 4 is 34.8 Å². The van der Waals surface area contributed by atoms with Gasteiger partial charge in [0.05, 0.1) is 5.56 Å². The first kappa shape index (κ1) is 14.8. The zero-order valence-corrected chi connectivity index (χ0v) is 11.5. The smallest absolute Gasteiger partial charge is 0.324 e. The highest BCUT2D eigenvalue weighted by Gasteiger charge is 2.32. The van der Waals surface area contributed by atoms with Crippen LogP contribution < -0.4 is 5.32 Å². The first-order chi connectivity index (χ1) is 9.25. The van der Waals surface area contributed by atoms with Crippen LogP contribution >= 0.6 is 23.2 Å². The molecule has 4 nitrogen and oxygen atoms in total. The van der Waals surface area contributed by atoms with Crippen molar-refractivity contribution in [3.05, 3.63) is 39.9 Å². The fraction of sp³-hybridized carbons (Fsp3) is 0.182. The van der Waals surface area contributed by atoms with E-state index in [-0.39, 0.29) is 27.8 Å². The molecule has 0 amide bonds. The lowest BCUT2D eigenvalue weighted by Crippen LogP contribution is -2.08. The largest absolute Gasteiger partial charge is 0.416 e. The Hall–Kier alpha value is -1.60. The summed E-state index contributed by atoms with van der Waals surface area (Å²) in [5, 5.41) is 2.28. The maximum atomic E-state index is 12.8. The maximum Gasteiger partial charge on any atom is 0.416 e. The van der Waals surface area contributed by atoms with E-state index in [0.717, 1.165) is 6.07 Å². The number of aryl methyl sites for hydroxylation is 1. The Morgan fingerprint density at radius 2 is 1.65 bits per heavy atom. The van der Waals surface area contributed by atoms with Gasteiger partial charge in [0.2, 0.25) is 16.5 Å². The monoisotopic (exact) mass is 322 g/mol. The first-order valence-electron chi connectivity index (χ1n) is 5.27. The molecule has 106 valence electrons. The first-order valence-corrected chi connectivity index (χ1v) is 6.03. The average Bonchev–Trinajstić information content (AvgIpc) is 2.29. The molecule has 9 heteroatoms. The lowest BCUT2D eigenvalue weighted by molar-refractivity contribution is -0.138. The third-order valence-electron chi connectivity index (χ3n) is 2.38. The molecule has 0 unspecified atom stereocenters. The van der Waals surface area contributed by atoms with Crippen molar-refractivity contribution in [2.45, 2.75) is 13.1 Å². The number of halogens is 5. The van der Waals surface area contributed by atoms with Crippen LogP contribution in [0.4, 0.5) is 24.8 Å². The van der Waals surface area contributed by atoms with Gasteiger partial charge in [0.15, 0.2) is 0 Å². The average molecular weight is 323 g/mol. The van der Waals surface area contributed by atoms with Gasteiger partial charge in [0, 0.05) is 5.69 Å². The van der Waals surface area contributed by atoms with E-state index in [1.807, 2.05) is 0 Å². The minimum absolute atomic E-state index is 0.0352. The Bertz CT molecular complexity index is 626. The third-order valence-corrected chi connectivity index (χ3v) is 2.72. The Morgan fingerprint density at radius 3 is 2.20 bits per heavy atom. The molecule has 0 bridgehead atoms. The van der Waals surface area contributed by atoms with Crippen molar-refractivity contribution in [3.63, 3.8) is 0 Å². The molecule has 1 aromatic carbocycles. The highest BCUT2D eigenvalue weighted by atomic mass is 35.5. The number of nitrogens with zero attached hydrogens (tertiary/aromatic N) is 3. The molecule has 0 aliphatic heterocycles. The second kappa shape index (κ2) is 5.41. The summed E-state index contributed by atoms with van der Waals surface area (Å²) in [6.07, 6.45) is -4.43. The quantitative estimate of drug-likeness (QED) is 0.898. The van der Waals surface area contributed by atoms with Crippen LogP contribution in [0.25, 0.3) is 0 Å². The van der Waals surface area contributed by atoms with Crippen molar-refractivity contribution in [2.24, 2.45) is 0 Å². The molecule has 2 aromatic rings. The van der Waals surface area contributed by atoms with Gasteiger partial charge in [0.25, 0.3) is 0 Å². The molecule has 0 atom stereocenters.